The summed E-state index contributed by atoms with van der Waals surface area (Å²) in [5.74, 6) is 0.680. The van der Waals surface area contributed by atoms with E-state index < -0.39 is 0 Å². The van der Waals surface area contributed by atoms with E-state index in [4.69, 9.17) is 0 Å². The number of hydrogen-bond donors (Lipinski definition) is 0. The largest absolute Gasteiger partial charge is 0.190 e. The second-order valence-corrected chi connectivity index (χ2v) is 5.89. The van der Waals surface area contributed by atoms with E-state index in [2.05, 4.69) is 80.6 Å². The van der Waals surface area contributed by atoms with Crippen LogP contribution in [-0.4, -0.2) is 0 Å². The van der Waals surface area contributed by atoms with Gasteiger partial charge in [0.25, 0.3) is 0 Å². The molecule has 1 aliphatic rings. The molecule has 0 amide bonds. The number of rotatable bonds is 2. The van der Waals surface area contributed by atoms with Crippen molar-refractivity contribution >= 4 is 10.8 Å². The Labute approximate surface area is 158 Å². The first kappa shape index (κ1) is 18.0. The van der Waals surface area contributed by atoms with Gasteiger partial charge in [0, 0.05) is 25.8 Å². The van der Waals surface area contributed by atoms with E-state index >= 15 is 0 Å². The van der Waals surface area contributed by atoms with Crippen LogP contribution >= 0.6 is 0 Å². The Morgan fingerprint density at radius 3 is 2.61 bits per heavy atom. The zero-order chi connectivity index (χ0) is 15.4. The fraction of sp³-hybridized carbons (Fsp3) is 0.227. The molecule has 23 heavy (non-hydrogen) atoms. The van der Waals surface area contributed by atoms with Gasteiger partial charge in [-0.25, -0.2) is 0 Å². The molecular formula is C22H22Hf-2. The van der Waals surface area contributed by atoms with Crippen molar-refractivity contribution in [1.29, 1.82) is 0 Å². The zero-order valence-electron chi connectivity index (χ0n) is 13.8. The predicted molar refractivity (Wildman–Crippen MR) is 95.3 cm³/mol. The maximum absolute atomic E-state index is 3.18. The molecule has 3 aromatic rings. The maximum Gasteiger partial charge on any atom is 0 e. The fourth-order valence-electron chi connectivity index (χ4n) is 2.93. The Balaban J connectivity index is 0.000000169. The van der Waals surface area contributed by atoms with Crippen molar-refractivity contribution in [3.8, 4) is 0 Å². The van der Waals surface area contributed by atoms with Gasteiger partial charge in [-0.15, -0.1) is 58.8 Å². The van der Waals surface area contributed by atoms with Gasteiger partial charge >= 0.3 is 0 Å². The molecule has 0 aromatic heterocycles. The molecular weight excluding hydrogens is 443 g/mol. The predicted octanol–water partition coefficient (Wildman–Crippen LogP) is 6.02. The van der Waals surface area contributed by atoms with Crippen molar-refractivity contribution in [1.82, 2.24) is 0 Å². The molecule has 3 aromatic carbocycles. The second kappa shape index (κ2) is 8.49. The van der Waals surface area contributed by atoms with Gasteiger partial charge < -0.3 is 0 Å². The monoisotopic (exact) mass is 466 g/mol. The normalized spacial score (nSPS) is 13.0. The van der Waals surface area contributed by atoms with E-state index in [9.17, 15) is 0 Å². The smallest absolute Gasteiger partial charge is 0 e. The molecule has 0 N–H and O–H groups in total. The minimum Gasteiger partial charge on any atom is -0.190 e. The summed E-state index contributed by atoms with van der Waals surface area (Å²) in [6.07, 6.45) is 7.53. The van der Waals surface area contributed by atoms with Crippen molar-refractivity contribution in [2.75, 3.05) is 0 Å². The summed E-state index contributed by atoms with van der Waals surface area (Å²) >= 11 is 0. The van der Waals surface area contributed by atoms with Crippen molar-refractivity contribution in [2.24, 2.45) is 0 Å². The molecule has 0 saturated carbocycles. The van der Waals surface area contributed by atoms with Gasteiger partial charge in [0.1, 0.15) is 0 Å². The first-order valence-corrected chi connectivity index (χ1v) is 8.10. The van der Waals surface area contributed by atoms with Gasteiger partial charge in [-0.2, -0.15) is 29.3 Å². The van der Waals surface area contributed by atoms with Crippen LogP contribution in [0.1, 0.15) is 42.9 Å². The Morgan fingerprint density at radius 2 is 1.83 bits per heavy atom. The Bertz CT molecular complexity index is 779. The van der Waals surface area contributed by atoms with Crippen LogP contribution in [0.15, 0.2) is 66.7 Å². The molecule has 1 atom stereocenters. The summed E-state index contributed by atoms with van der Waals surface area (Å²) in [6, 6.07) is 21.5. The fourth-order valence-corrected chi connectivity index (χ4v) is 2.93. The SMILES string of the molecule is CCC(C)c1c[cH-]c2ccccc12.[C-]1=CCc2ccccc21.[Hf]. The van der Waals surface area contributed by atoms with Crippen LogP contribution in [0.25, 0.3) is 10.8 Å². The average molecular weight is 465 g/mol. The Hall–Kier alpha value is -1.34. The molecule has 0 spiro atoms. The van der Waals surface area contributed by atoms with Crippen LogP contribution in [0.4, 0.5) is 0 Å². The van der Waals surface area contributed by atoms with Crippen molar-refractivity contribution in [3.05, 3.63) is 89.5 Å². The summed E-state index contributed by atoms with van der Waals surface area (Å²) in [4.78, 5) is 0. The molecule has 0 fully saturated rings. The third-order valence-electron chi connectivity index (χ3n) is 4.45. The topological polar surface area (TPSA) is 0 Å². The van der Waals surface area contributed by atoms with Crippen LogP contribution in [0, 0.1) is 6.08 Å². The summed E-state index contributed by atoms with van der Waals surface area (Å²) in [6.45, 7) is 4.54. The first-order valence-electron chi connectivity index (χ1n) is 8.10. The van der Waals surface area contributed by atoms with E-state index in [0.717, 1.165) is 6.42 Å². The third kappa shape index (κ3) is 4.14. The van der Waals surface area contributed by atoms with Gasteiger partial charge in [-0.1, -0.05) is 44.7 Å². The Kier molecular flexibility index (Phi) is 6.65. The van der Waals surface area contributed by atoms with E-state index in [1.165, 1.54) is 33.9 Å². The molecule has 0 radical (unpaired) electrons. The molecule has 0 bridgehead atoms. The quantitative estimate of drug-likeness (QED) is 0.321. The maximum atomic E-state index is 3.18. The number of hydrogen-bond acceptors (Lipinski definition) is 0. The van der Waals surface area contributed by atoms with E-state index in [1.54, 1.807) is 0 Å². The molecule has 1 heteroatoms. The summed E-state index contributed by atoms with van der Waals surface area (Å²) < 4.78 is 0. The molecule has 116 valence electrons. The molecule has 0 saturated heterocycles. The standard InChI is InChI=1S/C13H15.C9H7.Hf/c1-3-10(2)12-9-8-11-6-4-5-7-13(11)12;1-2-5-9-7-3-6-8(9)4-1;/h4-10H,3H2,1-2H3;1-5H,6H2;/q2*-1;. The van der Waals surface area contributed by atoms with Crippen LogP contribution in [0.3, 0.4) is 0 Å². The molecule has 0 aliphatic heterocycles. The minimum absolute atomic E-state index is 0. The van der Waals surface area contributed by atoms with Crippen LogP contribution < -0.4 is 0 Å². The summed E-state index contributed by atoms with van der Waals surface area (Å²) in [7, 11) is 0. The van der Waals surface area contributed by atoms with Crippen molar-refractivity contribution in [3.63, 3.8) is 0 Å². The molecule has 1 aliphatic carbocycles. The zero-order valence-corrected chi connectivity index (χ0v) is 17.4. The van der Waals surface area contributed by atoms with Gasteiger partial charge in [0.05, 0.1) is 0 Å². The van der Waals surface area contributed by atoms with Gasteiger partial charge in [0.15, 0.2) is 0 Å². The van der Waals surface area contributed by atoms with Gasteiger partial charge in [-0.05, 0) is 0 Å². The average Bonchev–Trinajstić information content (AvgIpc) is 3.21. The van der Waals surface area contributed by atoms with Crippen molar-refractivity contribution in [2.45, 2.75) is 32.6 Å². The molecule has 0 nitrogen and oxygen atoms in total. The van der Waals surface area contributed by atoms with Crippen molar-refractivity contribution < 1.29 is 25.8 Å². The van der Waals surface area contributed by atoms with Crippen LogP contribution in [0.5, 0.6) is 0 Å². The summed E-state index contributed by atoms with van der Waals surface area (Å²) in [5, 5.41) is 2.80. The van der Waals surface area contributed by atoms with Gasteiger partial charge in [0.2, 0.25) is 0 Å². The number of fused-ring (bicyclic) bond motifs is 2. The number of allylic oxidation sites excluding steroid dienone is 1. The van der Waals surface area contributed by atoms with Gasteiger partial charge in [-0.3, -0.25) is 0 Å². The molecule has 0 heterocycles. The number of benzene rings is 2. The third-order valence-corrected chi connectivity index (χ3v) is 4.45. The van der Waals surface area contributed by atoms with E-state index in [0.29, 0.717) is 5.92 Å². The minimum atomic E-state index is 0. The molecule has 1 unspecified atom stereocenters. The second-order valence-electron chi connectivity index (χ2n) is 5.89. The van der Waals surface area contributed by atoms with Crippen LogP contribution in [0.2, 0.25) is 0 Å². The van der Waals surface area contributed by atoms with E-state index in [1.807, 2.05) is 6.07 Å². The first-order chi connectivity index (χ1) is 10.8. The van der Waals surface area contributed by atoms with Crippen LogP contribution in [-0.2, 0) is 32.3 Å². The molecule has 4 rings (SSSR count). The Morgan fingerprint density at radius 1 is 1.09 bits per heavy atom. The summed E-state index contributed by atoms with van der Waals surface area (Å²) in [5.41, 5.74) is 4.16. The van der Waals surface area contributed by atoms with E-state index in [-0.39, 0.29) is 25.8 Å².